The van der Waals surface area contributed by atoms with Crippen LogP contribution in [0.4, 0.5) is 0 Å². The fourth-order valence-corrected chi connectivity index (χ4v) is 1.07. The van der Waals surface area contributed by atoms with E-state index in [1.54, 1.807) is 18.5 Å². The molecule has 0 saturated heterocycles. The van der Waals surface area contributed by atoms with E-state index in [0.29, 0.717) is 11.6 Å². The van der Waals surface area contributed by atoms with Gasteiger partial charge in [-0.3, -0.25) is 4.79 Å². The molecule has 70 valence electrons. The maximum absolute atomic E-state index is 11.1. The van der Waals surface area contributed by atoms with Gasteiger partial charge in [-0.2, -0.15) is 0 Å². The first-order chi connectivity index (χ1) is 6.79. The van der Waals surface area contributed by atoms with E-state index in [1.165, 1.54) is 13.3 Å². The minimum absolute atomic E-state index is 0.166. The molecule has 0 radical (unpaired) electrons. The van der Waals surface area contributed by atoms with Crippen LogP contribution in [0.1, 0.15) is 17.4 Å². The van der Waals surface area contributed by atoms with Crippen molar-refractivity contribution in [2.24, 2.45) is 0 Å². The molecule has 0 aliphatic carbocycles. The third kappa shape index (κ3) is 1.39. The molecule has 0 amide bonds. The fraction of sp³-hybridized carbons (Fsp3) is 0.111. The van der Waals surface area contributed by atoms with Crippen LogP contribution in [0, 0.1) is 0 Å². The zero-order valence-electron chi connectivity index (χ0n) is 7.47. The van der Waals surface area contributed by atoms with E-state index >= 15 is 0 Å². The topological polar surface area (TPSA) is 68.9 Å². The summed E-state index contributed by atoms with van der Waals surface area (Å²) in [5.41, 5.74) is 0.260. The minimum Gasteiger partial charge on any atom is -0.439 e. The first-order valence-corrected chi connectivity index (χ1v) is 4.01. The summed E-state index contributed by atoms with van der Waals surface area (Å²) >= 11 is 0. The van der Waals surface area contributed by atoms with Crippen molar-refractivity contribution in [1.82, 2.24) is 15.0 Å². The molecule has 0 bridgehead atoms. The fourth-order valence-electron chi connectivity index (χ4n) is 1.07. The number of Topliss-reactive ketones (excluding diaryl/α,β-unsaturated/α-hetero) is 1. The number of oxazole rings is 1. The third-order valence-electron chi connectivity index (χ3n) is 1.67. The summed E-state index contributed by atoms with van der Waals surface area (Å²) in [6, 6.07) is 1.69. The average Bonchev–Trinajstić information content (AvgIpc) is 2.67. The molecular weight excluding hydrogens is 182 g/mol. The Hall–Kier alpha value is -2.04. The lowest BCUT2D eigenvalue weighted by Gasteiger charge is -1.94. The van der Waals surface area contributed by atoms with Gasteiger partial charge in [-0.15, -0.1) is 0 Å². The number of carbonyl (C=O) groups excluding carboxylic acids is 1. The van der Waals surface area contributed by atoms with Gasteiger partial charge in [0, 0.05) is 19.3 Å². The molecule has 0 unspecified atom stereocenters. The van der Waals surface area contributed by atoms with Crippen molar-refractivity contribution in [2.75, 3.05) is 0 Å². The summed E-state index contributed by atoms with van der Waals surface area (Å²) in [5, 5.41) is 0. The lowest BCUT2D eigenvalue weighted by atomic mass is 10.2. The molecule has 0 spiro atoms. The van der Waals surface area contributed by atoms with Crippen LogP contribution in [0.25, 0.3) is 11.6 Å². The van der Waals surface area contributed by atoms with Crippen molar-refractivity contribution in [3.63, 3.8) is 0 Å². The molecule has 2 aromatic rings. The van der Waals surface area contributed by atoms with E-state index in [2.05, 4.69) is 15.0 Å². The maximum atomic E-state index is 11.1. The Morgan fingerprint density at radius 2 is 2.00 bits per heavy atom. The first-order valence-electron chi connectivity index (χ1n) is 4.01. The van der Waals surface area contributed by atoms with Crippen molar-refractivity contribution in [1.29, 1.82) is 0 Å². The van der Waals surface area contributed by atoms with Crippen LogP contribution >= 0.6 is 0 Å². The zero-order chi connectivity index (χ0) is 9.97. The molecule has 2 rings (SSSR count). The molecule has 0 fully saturated rings. The number of carbonyl (C=O) groups is 1. The normalized spacial score (nSPS) is 10.1. The average molecular weight is 189 g/mol. The predicted molar refractivity (Wildman–Crippen MR) is 47.5 cm³/mol. The Morgan fingerprint density at radius 3 is 2.64 bits per heavy atom. The van der Waals surface area contributed by atoms with Crippen molar-refractivity contribution >= 4 is 5.78 Å². The molecule has 0 aromatic carbocycles. The molecule has 2 heterocycles. The third-order valence-corrected chi connectivity index (χ3v) is 1.67. The van der Waals surface area contributed by atoms with Gasteiger partial charge in [-0.25, -0.2) is 15.0 Å². The summed E-state index contributed by atoms with van der Waals surface area (Å²) in [5.74, 6) is 0.523. The quantitative estimate of drug-likeness (QED) is 0.666. The Kier molecular flexibility index (Phi) is 2.06. The van der Waals surface area contributed by atoms with Gasteiger partial charge in [0.15, 0.2) is 23.7 Å². The molecule has 0 aliphatic heterocycles. The van der Waals surface area contributed by atoms with E-state index in [4.69, 9.17) is 4.42 Å². The van der Waals surface area contributed by atoms with E-state index in [1.807, 2.05) is 0 Å². The Balaban J connectivity index is 2.52. The first kappa shape index (κ1) is 8.55. The molecule has 2 aromatic heterocycles. The molecule has 14 heavy (non-hydrogen) atoms. The van der Waals surface area contributed by atoms with Gasteiger partial charge in [0.05, 0.1) is 0 Å². The highest BCUT2D eigenvalue weighted by Crippen LogP contribution is 2.18. The second-order valence-electron chi connectivity index (χ2n) is 2.66. The molecule has 0 aliphatic rings. The standard InChI is InChI=1S/C9H7N3O2/c1-6(13)7-8(14-5-12-7)9-10-3-2-4-11-9/h2-5H,1H3. The van der Waals surface area contributed by atoms with Crippen LogP contribution in [-0.4, -0.2) is 20.7 Å². The van der Waals surface area contributed by atoms with Crippen molar-refractivity contribution < 1.29 is 9.21 Å². The van der Waals surface area contributed by atoms with Crippen molar-refractivity contribution in [3.8, 4) is 11.6 Å². The number of aromatic nitrogens is 3. The Bertz CT molecular complexity index is 450. The van der Waals surface area contributed by atoms with E-state index < -0.39 is 0 Å². The Labute approximate surface area is 79.8 Å². The van der Waals surface area contributed by atoms with E-state index in [9.17, 15) is 4.79 Å². The van der Waals surface area contributed by atoms with Gasteiger partial charge >= 0.3 is 0 Å². The lowest BCUT2D eigenvalue weighted by Crippen LogP contribution is -1.96. The minimum atomic E-state index is -0.166. The van der Waals surface area contributed by atoms with Gasteiger partial charge in [-0.05, 0) is 6.07 Å². The summed E-state index contributed by atoms with van der Waals surface area (Å²) in [4.78, 5) is 22.9. The van der Waals surface area contributed by atoms with Crippen LogP contribution in [0.2, 0.25) is 0 Å². The summed E-state index contributed by atoms with van der Waals surface area (Å²) < 4.78 is 5.06. The van der Waals surface area contributed by atoms with Crippen LogP contribution in [0.15, 0.2) is 29.3 Å². The molecular formula is C9H7N3O2. The van der Waals surface area contributed by atoms with Crippen LogP contribution in [0.5, 0.6) is 0 Å². The Morgan fingerprint density at radius 1 is 1.29 bits per heavy atom. The van der Waals surface area contributed by atoms with Crippen LogP contribution in [0.3, 0.4) is 0 Å². The number of ketones is 1. The zero-order valence-corrected chi connectivity index (χ0v) is 7.47. The van der Waals surface area contributed by atoms with Gasteiger partial charge < -0.3 is 4.42 Å². The van der Waals surface area contributed by atoms with E-state index in [-0.39, 0.29) is 11.5 Å². The molecule has 0 saturated carbocycles. The number of hydrogen-bond acceptors (Lipinski definition) is 5. The molecule has 0 N–H and O–H groups in total. The monoisotopic (exact) mass is 189 g/mol. The number of rotatable bonds is 2. The van der Waals surface area contributed by atoms with Gasteiger partial charge in [0.25, 0.3) is 0 Å². The van der Waals surface area contributed by atoms with Crippen LogP contribution in [-0.2, 0) is 0 Å². The highest BCUT2D eigenvalue weighted by atomic mass is 16.3. The highest BCUT2D eigenvalue weighted by Gasteiger charge is 2.16. The summed E-state index contributed by atoms with van der Waals surface area (Å²) in [7, 11) is 0. The van der Waals surface area contributed by atoms with Crippen molar-refractivity contribution in [2.45, 2.75) is 6.92 Å². The van der Waals surface area contributed by atoms with Crippen LogP contribution < -0.4 is 0 Å². The SMILES string of the molecule is CC(=O)c1ncoc1-c1ncccn1. The second kappa shape index (κ2) is 3.37. The molecule has 5 heteroatoms. The summed E-state index contributed by atoms with van der Waals surface area (Å²) in [6.07, 6.45) is 4.37. The smallest absolute Gasteiger partial charge is 0.202 e. The summed E-state index contributed by atoms with van der Waals surface area (Å²) in [6.45, 7) is 1.42. The molecule has 5 nitrogen and oxygen atoms in total. The van der Waals surface area contributed by atoms with Gasteiger partial charge in [0.2, 0.25) is 5.76 Å². The highest BCUT2D eigenvalue weighted by molar-refractivity contribution is 5.96. The predicted octanol–water partition coefficient (Wildman–Crippen LogP) is 1.33. The largest absolute Gasteiger partial charge is 0.439 e. The van der Waals surface area contributed by atoms with Crippen molar-refractivity contribution in [3.05, 3.63) is 30.5 Å². The lowest BCUT2D eigenvalue weighted by molar-refractivity contribution is 0.101. The number of hydrogen-bond donors (Lipinski definition) is 0. The molecule has 0 atom stereocenters. The van der Waals surface area contributed by atoms with E-state index in [0.717, 1.165) is 0 Å². The van der Waals surface area contributed by atoms with Gasteiger partial charge in [0.1, 0.15) is 0 Å². The maximum Gasteiger partial charge on any atom is 0.202 e. The number of nitrogens with zero attached hydrogens (tertiary/aromatic N) is 3. The second-order valence-corrected chi connectivity index (χ2v) is 2.66. The van der Waals surface area contributed by atoms with Gasteiger partial charge in [-0.1, -0.05) is 0 Å².